The number of imidazole rings is 1. The SMILES string of the molecule is COc1cc2c(cc1F)nc(N)n2C(C(N)=O)C(C)C. The van der Waals surface area contributed by atoms with E-state index in [4.69, 9.17) is 16.2 Å². The van der Waals surface area contributed by atoms with Crippen LogP contribution in [0.25, 0.3) is 11.0 Å². The van der Waals surface area contributed by atoms with E-state index in [1.807, 2.05) is 13.8 Å². The van der Waals surface area contributed by atoms with Gasteiger partial charge in [-0.2, -0.15) is 0 Å². The van der Waals surface area contributed by atoms with Crippen LogP contribution in [0.5, 0.6) is 5.75 Å². The van der Waals surface area contributed by atoms with Gasteiger partial charge in [0.25, 0.3) is 0 Å². The Morgan fingerprint density at radius 1 is 1.45 bits per heavy atom. The van der Waals surface area contributed by atoms with Crippen molar-refractivity contribution in [3.05, 3.63) is 17.9 Å². The molecule has 0 spiro atoms. The van der Waals surface area contributed by atoms with Crippen LogP contribution in [-0.4, -0.2) is 22.6 Å². The molecular weight excluding hydrogens is 263 g/mol. The number of aromatic nitrogens is 2. The molecular formula is C13H17FN4O2. The Morgan fingerprint density at radius 2 is 2.10 bits per heavy atom. The zero-order chi connectivity index (χ0) is 15.0. The maximum atomic E-state index is 13.7. The molecule has 1 aromatic heterocycles. The minimum atomic E-state index is -0.657. The molecule has 6 nitrogen and oxygen atoms in total. The predicted molar refractivity (Wildman–Crippen MR) is 73.7 cm³/mol. The smallest absolute Gasteiger partial charge is 0.240 e. The quantitative estimate of drug-likeness (QED) is 0.885. The number of nitrogens with two attached hydrogens (primary N) is 2. The molecule has 0 fully saturated rings. The number of ether oxygens (including phenoxy) is 1. The first-order valence-electron chi connectivity index (χ1n) is 6.17. The van der Waals surface area contributed by atoms with Crippen molar-refractivity contribution in [2.75, 3.05) is 12.8 Å². The van der Waals surface area contributed by atoms with E-state index >= 15 is 0 Å². The molecule has 0 aliphatic rings. The largest absolute Gasteiger partial charge is 0.494 e. The summed E-state index contributed by atoms with van der Waals surface area (Å²) in [5, 5.41) is 0. The summed E-state index contributed by atoms with van der Waals surface area (Å²) in [7, 11) is 1.36. The van der Waals surface area contributed by atoms with E-state index in [1.54, 1.807) is 0 Å². The van der Waals surface area contributed by atoms with Crippen LogP contribution in [0.3, 0.4) is 0 Å². The van der Waals surface area contributed by atoms with Gasteiger partial charge in [-0.05, 0) is 5.92 Å². The summed E-state index contributed by atoms with van der Waals surface area (Å²) in [6.07, 6.45) is 0. The summed E-state index contributed by atoms with van der Waals surface area (Å²) in [5.74, 6) is -0.960. The average Bonchev–Trinajstić information content (AvgIpc) is 2.64. The molecule has 0 saturated heterocycles. The number of halogens is 1. The van der Waals surface area contributed by atoms with Gasteiger partial charge in [0.15, 0.2) is 11.6 Å². The number of hydrogen-bond donors (Lipinski definition) is 2. The molecule has 2 aromatic rings. The van der Waals surface area contributed by atoms with Crippen LogP contribution in [-0.2, 0) is 4.79 Å². The second-order valence-electron chi connectivity index (χ2n) is 4.91. The lowest BCUT2D eigenvalue weighted by atomic mass is 10.0. The van der Waals surface area contributed by atoms with Crippen LogP contribution in [0.15, 0.2) is 12.1 Å². The molecule has 4 N–H and O–H groups in total. The predicted octanol–water partition coefficient (Wildman–Crippen LogP) is 1.45. The minimum absolute atomic E-state index is 0.0608. The summed E-state index contributed by atoms with van der Waals surface area (Å²) in [5.41, 5.74) is 12.2. The van der Waals surface area contributed by atoms with Crippen LogP contribution in [0, 0.1) is 11.7 Å². The molecule has 1 heterocycles. The van der Waals surface area contributed by atoms with Crippen LogP contribution in [0.4, 0.5) is 10.3 Å². The molecule has 2 rings (SSSR count). The van der Waals surface area contributed by atoms with Gasteiger partial charge in [0.1, 0.15) is 6.04 Å². The van der Waals surface area contributed by atoms with E-state index in [1.165, 1.54) is 23.8 Å². The van der Waals surface area contributed by atoms with Gasteiger partial charge in [-0.25, -0.2) is 9.37 Å². The summed E-state index contributed by atoms with van der Waals surface area (Å²) >= 11 is 0. The third-order valence-corrected chi connectivity index (χ3v) is 3.19. The zero-order valence-corrected chi connectivity index (χ0v) is 11.6. The number of fused-ring (bicyclic) bond motifs is 1. The highest BCUT2D eigenvalue weighted by Gasteiger charge is 2.26. The van der Waals surface area contributed by atoms with E-state index in [9.17, 15) is 9.18 Å². The van der Waals surface area contributed by atoms with Crippen molar-refractivity contribution in [2.24, 2.45) is 11.7 Å². The maximum Gasteiger partial charge on any atom is 0.240 e. The average molecular weight is 280 g/mol. The summed E-state index contributed by atoms with van der Waals surface area (Å²) in [6.45, 7) is 3.70. The maximum absolute atomic E-state index is 13.7. The fraction of sp³-hybridized carbons (Fsp3) is 0.385. The highest BCUT2D eigenvalue weighted by atomic mass is 19.1. The molecule has 20 heavy (non-hydrogen) atoms. The Hall–Kier alpha value is -2.31. The Labute approximate surface area is 115 Å². The normalized spacial score (nSPS) is 12.8. The van der Waals surface area contributed by atoms with Crippen molar-refractivity contribution < 1.29 is 13.9 Å². The highest BCUT2D eigenvalue weighted by Crippen LogP contribution is 2.31. The molecule has 108 valence electrons. The molecule has 0 aliphatic carbocycles. The second-order valence-corrected chi connectivity index (χ2v) is 4.91. The van der Waals surface area contributed by atoms with Crippen LogP contribution >= 0.6 is 0 Å². The van der Waals surface area contributed by atoms with Gasteiger partial charge in [0.05, 0.1) is 18.1 Å². The Morgan fingerprint density at radius 3 is 2.60 bits per heavy atom. The molecule has 1 atom stereocenters. The molecule has 1 aromatic carbocycles. The second kappa shape index (κ2) is 4.99. The van der Waals surface area contributed by atoms with Crippen molar-refractivity contribution in [1.29, 1.82) is 0 Å². The lowest BCUT2D eigenvalue weighted by Crippen LogP contribution is -2.31. The van der Waals surface area contributed by atoms with Gasteiger partial charge in [-0.1, -0.05) is 13.8 Å². The van der Waals surface area contributed by atoms with Crippen LogP contribution in [0.1, 0.15) is 19.9 Å². The van der Waals surface area contributed by atoms with Crippen molar-refractivity contribution in [3.63, 3.8) is 0 Å². The number of nitrogens with zero attached hydrogens (tertiary/aromatic N) is 2. The Bertz CT molecular complexity index is 666. The van der Waals surface area contributed by atoms with Gasteiger partial charge < -0.3 is 16.2 Å². The zero-order valence-electron chi connectivity index (χ0n) is 11.6. The van der Waals surface area contributed by atoms with E-state index in [2.05, 4.69) is 4.98 Å². The number of nitrogen functional groups attached to an aromatic ring is 1. The van der Waals surface area contributed by atoms with E-state index < -0.39 is 17.8 Å². The number of amides is 1. The number of anilines is 1. The van der Waals surface area contributed by atoms with E-state index in [0.717, 1.165) is 0 Å². The standard InChI is InChI=1S/C13H17FN4O2/c1-6(2)11(12(15)19)18-9-5-10(20-3)7(14)4-8(9)17-13(18)16/h4-6,11H,1-3H3,(H2,15,19)(H2,16,17). The first kappa shape index (κ1) is 14.1. The number of primary amides is 1. The fourth-order valence-corrected chi connectivity index (χ4v) is 2.32. The molecule has 1 amide bonds. The molecule has 7 heteroatoms. The Balaban J connectivity index is 2.74. The molecule has 0 saturated carbocycles. The Kier molecular flexibility index (Phi) is 3.52. The van der Waals surface area contributed by atoms with Crippen molar-refractivity contribution in [3.8, 4) is 5.75 Å². The minimum Gasteiger partial charge on any atom is -0.494 e. The van der Waals surface area contributed by atoms with Crippen molar-refractivity contribution in [2.45, 2.75) is 19.9 Å². The van der Waals surface area contributed by atoms with Crippen LogP contribution < -0.4 is 16.2 Å². The first-order chi connectivity index (χ1) is 9.36. The van der Waals surface area contributed by atoms with Gasteiger partial charge >= 0.3 is 0 Å². The topological polar surface area (TPSA) is 96.2 Å². The first-order valence-corrected chi connectivity index (χ1v) is 6.17. The molecule has 0 bridgehead atoms. The number of carbonyl (C=O) groups is 1. The van der Waals surface area contributed by atoms with Gasteiger partial charge in [-0.3, -0.25) is 9.36 Å². The number of carbonyl (C=O) groups excluding carboxylic acids is 1. The fourth-order valence-electron chi connectivity index (χ4n) is 2.32. The number of benzene rings is 1. The van der Waals surface area contributed by atoms with Gasteiger partial charge in [0, 0.05) is 12.1 Å². The summed E-state index contributed by atoms with van der Waals surface area (Å²) < 4.78 is 20.1. The highest BCUT2D eigenvalue weighted by molar-refractivity contribution is 5.85. The molecule has 1 unspecified atom stereocenters. The number of rotatable bonds is 4. The van der Waals surface area contributed by atoms with Gasteiger partial charge in [-0.15, -0.1) is 0 Å². The molecule has 0 radical (unpaired) electrons. The lowest BCUT2D eigenvalue weighted by Gasteiger charge is -2.21. The lowest BCUT2D eigenvalue weighted by molar-refractivity contribution is -0.122. The third kappa shape index (κ3) is 2.15. The van der Waals surface area contributed by atoms with Gasteiger partial charge in [0.2, 0.25) is 11.9 Å². The van der Waals surface area contributed by atoms with E-state index in [0.29, 0.717) is 11.0 Å². The summed E-state index contributed by atoms with van der Waals surface area (Å²) in [4.78, 5) is 15.7. The summed E-state index contributed by atoms with van der Waals surface area (Å²) in [6, 6.07) is 2.03. The van der Waals surface area contributed by atoms with Crippen molar-refractivity contribution in [1.82, 2.24) is 9.55 Å². The monoisotopic (exact) mass is 280 g/mol. The van der Waals surface area contributed by atoms with Crippen LogP contribution in [0.2, 0.25) is 0 Å². The third-order valence-electron chi connectivity index (χ3n) is 3.19. The van der Waals surface area contributed by atoms with Crippen molar-refractivity contribution >= 4 is 22.9 Å². The molecule has 0 aliphatic heterocycles. The number of hydrogen-bond acceptors (Lipinski definition) is 4. The number of methoxy groups -OCH3 is 1. The van der Waals surface area contributed by atoms with E-state index in [-0.39, 0.29) is 17.6 Å².